The van der Waals surface area contributed by atoms with Crippen molar-refractivity contribution in [3.63, 3.8) is 0 Å². The van der Waals surface area contributed by atoms with Gasteiger partial charge in [-0.1, -0.05) is 48.2 Å². The van der Waals surface area contributed by atoms with Crippen molar-refractivity contribution in [3.8, 4) is 17.1 Å². The summed E-state index contributed by atoms with van der Waals surface area (Å²) in [4.78, 5) is 0. The molecule has 4 aromatic rings. The zero-order valence-corrected chi connectivity index (χ0v) is 16.2. The molecule has 0 spiro atoms. The van der Waals surface area contributed by atoms with Gasteiger partial charge in [0.15, 0.2) is 5.16 Å². The predicted octanol–water partition coefficient (Wildman–Crippen LogP) is 5.05. The number of nitrogens with zero attached hydrogens (tertiary/aromatic N) is 5. The molecule has 0 unspecified atom stereocenters. The quantitative estimate of drug-likeness (QED) is 0.430. The minimum Gasteiger partial charge on any atom is -0.419 e. The number of thioether (sulfide) groups is 1. The van der Waals surface area contributed by atoms with Crippen molar-refractivity contribution in [2.75, 3.05) is 0 Å². The molecule has 0 amide bonds. The SMILES string of the molecule is C[C@H](Sc1nnc(C2CC2)n1-c1ccccc1)c1nnc(-c2ccccc2)o1. The molecule has 1 aliphatic rings. The van der Waals surface area contributed by atoms with Crippen molar-refractivity contribution in [1.82, 2.24) is 25.0 Å². The molecule has 0 bridgehead atoms. The van der Waals surface area contributed by atoms with Gasteiger partial charge in [0.2, 0.25) is 11.8 Å². The van der Waals surface area contributed by atoms with Crippen molar-refractivity contribution in [2.24, 2.45) is 0 Å². The number of para-hydroxylation sites is 1. The zero-order chi connectivity index (χ0) is 18.9. The van der Waals surface area contributed by atoms with Gasteiger partial charge in [-0.25, -0.2) is 0 Å². The first-order valence-corrected chi connectivity index (χ1v) is 10.2. The lowest BCUT2D eigenvalue weighted by molar-refractivity contribution is 0.509. The average Bonchev–Trinajstić information content (AvgIpc) is 3.31. The van der Waals surface area contributed by atoms with Crippen LogP contribution in [0.5, 0.6) is 0 Å². The summed E-state index contributed by atoms with van der Waals surface area (Å²) in [6.45, 7) is 2.05. The maximum Gasteiger partial charge on any atom is 0.247 e. The van der Waals surface area contributed by atoms with E-state index in [1.165, 1.54) is 12.8 Å². The summed E-state index contributed by atoms with van der Waals surface area (Å²) < 4.78 is 8.08. The lowest BCUT2D eigenvalue weighted by atomic mass is 10.2. The Balaban J connectivity index is 1.43. The Hall–Kier alpha value is -2.93. The normalized spacial score (nSPS) is 14.9. The van der Waals surface area contributed by atoms with E-state index in [0.717, 1.165) is 22.2 Å². The molecule has 6 nitrogen and oxygen atoms in total. The Morgan fingerprint density at radius 3 is 2.36 bits per heavy atom. The summed E-state index contributed by atoms with van der Waals surface area (Å²) >= 11 is 1.59. The molecular formula is C21H19N5OS. The molecule has 2 aromatic carbocycles. The summed E-state index contributed by atoms with van der Waals surface area (Å²) in [5, 5.41) is 18.2. The van der Waals surface area contributed by atoms with Crippen LogP contribution < -0.4 is 0 Å². The molecule has 7 heteroatoms. The Morgan fingerprint density at radius 1 is 0.929 bits per heavy atom. The molecule has 0 aliphatic heterocycles. The maximum atomic E-state index is 5.92. The van der Waals surface area contributed by atoms with Crippen LogP contribution in [0.2, 0.25) is 0 Å². The standard InChI is InChI=1S/C21H19N5OS/c1-14(19-23-24-20(27-19)16-8-4-2-5-9-16)28-21-25-22-18(15-12-13-15)26(21)17-10-6-3-7-11-17/h2-11,14-15H,12-13H2,1H3/t14-/m0/s1. The van der Waals surface area contributed by atoms with Gasteiger partial charge in [0.1, 0.15) is 5.82 Å². The largest absolute Gasteiger partial charge is 0.419 e. The van der Waals surface area contributed by atoms with Crippen molar-refractivity contribution in [1.29, 1.82) is 0 Å². The van der Waals surface area contributed by atoms with Gasteiger partial charge in [0.25, 0.3) is 0 Å². The Kier molecular flexibility index (Phi) is 4.44. The molecule has 5 rings (SSSR count). The Bertz CT molecular complexity index is 1070. The molecule has 0 N–H and O–H groups in total. The fourth-order valence-electron chi connectivity index (χ4n) is 3.09. The van der Waals surface area contributed by atoms with Gasteiger partial charge in [-0.2, -0.15) is 0 Å². The van der Waals surface area contributed by atoms with Gasteiger partial charge in [0, 0.05) is 17.2 Å². The highest BCUT2D eigenvalue weighted by Gasteiger charge is 2.31. The second kappa shape index (κ2) is 7.24. The van der Waals surface area contributed by atoms with Crippen LogP contribution in [0, 0.1) is 0 Å². The monoisotopic (exact) mass is 389 g/mol. The third-order valence-electron chi connectivity index (χ3n) is 4.71. The van der Waals surface area contributed by atoms with E-state index in [1.807, 2.05) is 55.5 Å². The van der Waals surface area contributed by atoms with E-state index < -0.39 is 0 Å². The summed E-state index contributed by atoms with van der Waals surface area (Å²) in [5.41, 5.74) is 2.00. The second-order valence-electron chi connectivity index (χ2n) is 6.86. The van der Waals surface area contributed by atoms with Crippen molar-refractivity contribution >= 4 is 11.8 Å². The summed E-state index contributed by atoms with van der Waals surface area (Å²) in [7, 11) is 0. The minimum absolute atomic E-state index is 0.0383. The maximum absolute atomic E-state index is 5.92. The van der Waals surface area contributed by atoms with Crippen molar-refractivity contribution in [3.05, 3.63) is 72.4 Å². The van der Waals surface area contributed by atoms with Gasteiger partial charge < -0.3 is 4.42 Å². The molecule has 28 heavy (non-hydrogen) atoms. The van der Waals surface area contributed by atoms with Gasteiger partial charge >= 0.3 is 0 Å². The van der Waals surface area contributed by atoms with E-state index in [-0.39, 0.29) is 5.25 Å². The molecule has 2 aromatic heterocycles. The first-order chi connectivity index (χ1) is 13.8. The molecule has 1 aliphatic carbocycles. The summed E-state index contributed by atoms with van der Waals surface area (Å²) in [6.07, 6.45) is 2.35. The van der Waals surface area contributed by atoms with Crippen molar-refractivity contribution in [2.45, 2.75) is 36.1 Å². The molecule has 1 saturated carbocycles. The molecule has 1 atom stereocenters. The van der Waals surface area contributed by atoms with Crippen LogP contribution in [0.3, 0.4) is 0 Å². The topological polar surface area (TPSA) is 69.6 Å². The second-order valence-corrected chi connectivity index (χ2v) is 8.17. The Morgan fingerprint density at radius 2 is 1.64 bits per heavy atom. The number of aromatic nitrogens is 5. The van der Waals surface area contributed by atoms with Crippen molar-refractivity contribution < 1.29 is 4.42 Å². The molecule has 0 radical (unpaired) electrons. The lowest BCUT2D eigenvalue weighted by Gasteiger charge is -2.11. The van der Waals surface area contributed by atoms with Crippen LogP contribution in [0.15, 0.2) is 70.2 Å². The molecule has 1 fully saturated rings. The van der Waals surface area contributed by atoms with E-state index in [1.54, 1.807) is 11.8 Å². The highest BCUT2D eigenvalue weighted by Crippen LogP contribution is 2.43. The number of benzene rings is 2. The van der Waals surface area contributed by atoms with Gasteiger partial charge in [-0.3, -0.25) is 4.57 Å². The fourth-order valence-corrected chi connectivity index (χ4v) is 3.99. The third-order valence-corrected chi connectivity index (χ3v) is 5.74. The van der Waals surface area contributed by atoms with Crippen LogP contribution in [0.25, 0.3) is 17.1 Å². The highest BCUT2D eigenvalue weighted by atomic mass is 32.2. The minimum atomic E-state index is -0.0383. The third kappa shape index (κ3) is 3.33. The van der Waals surface area contributed by atoms with Gasteiger partial charge in [0.05, 0.1) is 5.25 Å². The van der Waals surface area contributed by atoms with Crippen LogP contribution in [-0.2, 0) is 0 Å². The van der Waals surface area contributed by atoms with Crippen LogP contribution in [0.1, 0.15) is 42.6 Å². The van der Waals surface area contributed by atoms with E-state index in [0.29, 0.717) is 17.7 Å². The van der Waals surface area contributed by atoms with E-state index >= 15 is 0 Å². The van der Waals surface area contributed by atoms with Crippen LogP contribution in [0.4, 0.5) is 0 Å². The van der Waals surface area contributed by atoms with Crippen LogP contribution >= 0.6 is 11.8 Å². The molecule has 2 heterocycles. The first kappa shape index (κ1) is 17.2. The lowest BCUT2D eigenvalue weighted by Crippen LogP contribution is -2.02. The van der Waals surface area contributed by atoms with Crippen LogP contribution in [-0.4, -0.2) is 25.0 Å². The zero-order valence-electron chi connectivity index (χ0n) is 15.4. The summed E-state index contributed by atoms with van der Waals surface area (Å²) in [5.74, 6) is 2.66. The molecule has 0 saturated heterocycles. The number of hydrogen-bond donors (Lipinski definition) is 0. The number of hydrogen-bond acceptors (Lipinski definition) is 6. The highest BCUT2D eigenvalue weighted by molar-refractivity contribution is 7.99. The molecule has 140 valence electrons. The molecular weight excluding hydrogens is 370 g/mol. The van der Waals surface area contributed by atoms with E-state index in [9.17, 15) is 0 Å². The van der Waals surface area contributed by atoms with E-state index in [2.05, 4.69) is 37.1 Å². The summed E-state index contributed by atoms with van der Waals surface area (Å²) in [6, 6.07) is 20.1. The smallest absolute Gasteiger partial charge is 0.247 e. The predicted molar refractivity (Wildman–Crippen MR) is 107 cm³/mol. The van der Waals surface area contributed by atoms with Gasteiger partial charge in [-0.15, -0.1) is 20.4 Å². The fraction of sp³-hybridized carbons (Fsp3) is 0.238. The average molecular weight is 389 g/mol. The first-order valence-electron chi connectivity index (χ1n) is 9.36. The Labute approximate surface area is 167 Å². The number of rotatable bonds is 6. The van der Waals surface area contributed by atoms with Gasteiger partial charge in [-0.05, 0) is 44.0 Å². The van der Waals surface area contributed by atoms with E-state index in [4.69, 9.17) is 4.42 Å².